The number of aromatic nitrogens is 2. The molecule has 1 heterocycles. The molecule has 0 bridgehead atoms. The molecule has 0 aliphatic rings. The van der Waals surface area contributed by atoms with Crippen molar-refractivity contribution in [3.63, 3.8) is 0 Å². The first kappa shape index (κ1) is 18.0. The number of nitrogens with zero attached hydrogens (tertiary/aromatic N) is 2. The van der Waals surface area contributed by atoms with Crippen LogP contribution in [0.15, 0.2) is 18.2 Å². The van der Waals surface area contributed by atoms with Gasteiger partial charge in [0.2, 0.25) is 0 Å². The summed E-state index contributed by atoms with van der Waals surface area (Å²) in [5, 5.41) is 16.5. The van der Waals surface area contributed by atoms with Crippen LogP contribution in [0.2, 0.25) is 0 Å². The van der Waals surface area contributed by atoms with Crippen LogP contribution < -0.4 is 14.8 Å². The lowest BCUT2D eigenvalue weighted by Gasteiger charge is -2.14. The van der Waals surface area contributed by atoms with E-state index in [0.29, 0.717) is 24.5 Å². The number of aliphatic hydroxyl groups is 1. The molecule has 0 radical (unpaired) electrons. The Bertz CT molecular complexity index is 689. The number of ether oxygens (including phenoxy) is 2. The SMILES string of the molecule is COc1ccc(OC(F)F)c(NCc2c(C)nn(CCO)c2C)c1. The summed E-state index contributed by atoms with van der Waals surface area (Å²) in [7, 11) is 1.50. The minimum atomic E-state index is -2.91. The molecule has 2 aromatic rings. The largest absolute Gasteiger partial charge is 0.497 e. The van der Waals surface area contributed by atoms with Crippen molar-refractivity contribution in [3.05, 3.63) is 35.2 Å². The number of alkyl halides is 2. The van der Waals surface area contributed by atoms with E-state index < -0.39 is 6.61 Å². The minimum absolute atomic E-state index is 0.00289. The van der Waals surface area contributed by atoms with Gasteiger partial charge in [0.05, 0.1) is 31.6 Å². The molecule has 0 aliphatic carbocycles. The van der Waals surface area contributed by atoms with Crippen LogP contribution in [0.3, 0.4) is 0 Å². The van der Waals surface area contributed by atoms with Gasteiger partial charge in [0.15, 0.2) is 0 Å². The fourth-order valence-electron chi connectivity index (χ4n) is 2.46. The van der Waals surface area contributed by atoms with E-state index >= 15 is 0 Å². The standard InChI is InChI=1S/C16H21F2N3O3/c1-10-13(11(2)21(20-10)6-7-22)9-19-14-8-12(23-3)4-5-15(14)24-16(17)18/h4-5,8,16,19,22H,6-7,9H2,1-3H3. The number of halogens is 2. The van der Waals surface area contributed by atoms with Gasteiger partial charge in [-0.3, -0.25) is 4.68 Å². The molecule has 2 rings (SSSR count). The molecule has 0 fully saturated rings. The molecular formula is C16H21F2N3O3. The van der Waals surface area contributed by atoms with Crippen molar-refractivity contribution in [2.75, 3.05) is 19.0 Å². The zero-order valence-electron chi connectivity index (χ0n) is 13.8. The number of nitrogens with one attached hydrogen (secondary N) is 1. The Morgan fingerprint density at radius 2 is 2.08 bits per heavy atom. The Labute approximate surface area is 139 Å². The van der Waals surface area contributed by atoms with Crippen LogP contribution in [0.4, 0.5) is 14.5 Å². The maximum Gasteiger partial charge on any atom is 0.387 e. The first-order valence-electron chi connectivity index (χ1n) is 7.46. The Morgan fingerprint density at radius 3 is 2.71 bits per heavy atom. The molecule has 6 nitrogen and oxygen atoms in total. The summed E-state index contributed by atoms with van der Waals surface area (Å²) >= 11 is 0. The van der Waals surface area contributed by atoms with Crippen molar-refractivity contribution in [2.45, 2.75) is 33.5 Å². The fraction of sp³-hybridized carbons (Fsp3) is 0.438. The molecule has 0 atom stereocenters. The molecule has 0 saturated carbocycles. The van der Waals surface area contributed by atoms with Gasteiger partial charge in [-0.25, -0.2) is 0 Å². The molecule has 1 aromatic heterocycles. The number of hydrogen-bond acceptors (Lipinski definition) is 5. The van der Waals surface area contributed by atoms with Crippen LogP contribution in [-0.2, 0) is 13.1 Å². The van der Waals surface area contributed by atoms with Crippen LogP contribution in [0, 0.1) is 13.8 Å². The highest BCUT2D eigenvalue weighted by molar-refractivity contribution is 5.60. The van der Waals surface area contributed by atoms with Gasteiger partial charge in [-0.15, -0.1) is 0 Å². The molecule has 0 saturated heterocycles. The molecule has 132 valence electrons. The Kier molecular flexibility index (Phi) is 5.97. The van der Waals surface area contributed by atoms with E-state index in [2.05, 4.69) is 15.2 Å². The van der Waals surface area contributed by atoms with E-state index in [1.807, 2.05) is 13.8 Å². The molecule has 24 heavy (non-hydrogen) atoms. The number of aliphatic hydroxyl groups excluding tert-OH is 1. The molecule has 8 heteroatoms. The first-order valence-corrected chi connectivity index (χ1v) is 7.46. The average Bonchev–Trinajstić information content (AvgIpc) is 2.80. The summed E-state index contributed by atoms with van der Waals surface area (Å²) < 4.78 is 36.5. The maximum absolute atomic E-state index is 12.5. The van der Waals surface area contributed by atoms with Crippen LogP contribution in [-0.4, -0.2) is 35.2 Å². The van der Waals surface area contributed by atoms with Gasteiger partial charge in [-0.05, 0) is 26.0 Å². The van der Waals surface area contributed by atoms with E-state index in [-0.39, 0.29) is 12.4 Å². The second-order valence-electron chi connectivity index (χ2n) is 5.19. The van der Waals surface area contributed by atoms with E-state index in [9.17, 15) is 8.78 Å². The normalized spacial score (nSPS) is 11.0. The quantitative estimate of drug-likeness (QED) is 0.773. The summed E-state index contributed by atoms with van der Waals surface area (Å²) in [5.74, 6) is 0.576. The molecular weight excluding hydrogens is 320 g/mol. The Morgan fingerprint density at radius 1 is 1.33 bits per heavy atom. The van der Waals surface area contributed by atoms with Crippen LogP contribution in [0.1, 0.15) is 17.0 Å². The molecule has 0 amide bonds. The summed E-state index contributed by atoms with van der Waals surface area (Å²) in [4.78, 5) is 0. The van der Waals surface area contributed by atoms with E-state index in [4.69, 9.17) is 9.84 Å². The minimum Gasteiger partial charge on any atom is -0.497 e. The predicted molar refractivity (Wildman–Crippen MR) is 85.7 cm³/mol. The Balaban J connectivity index is 2.22. The van der Waals surface area contributed by atoms with Crippen LogP contribution in [0.5, 0.6) is 11.5 Å². The van der Waals surface area contributed by atoms with Crippen LogP contribution >= 0.6 is 0 Å². The zero-order chi connectivity index (χ0) is 17.7. The lowest BCUT2D eigenvalue weighted by molar-refractivity contribution is -0.0494. The third kappa shape index (κ3) is 4.14. The first-order chi connectivity index (χ1) is 11.5. The highest BCUT2D eigenvalue weighted by atomic mass is 19.3. The van der Waals surface area contributed by atoms with Crippen molar-refractivity contribution in [1.82, 2.24) is 9.78 Å². The van der Waals surface area contributed by atoms with E-state index in [1.165, 1.54) is 13.2 Å². The van der Waals surface area contributed by atoms with Gasteiger partial charge < -0.3 is 19.9 Å². The summed E-state index contributed by atoms with van der Waals surface area (Å²) in [6, 6.07) is 4.58. The lowest BCUT2D eigenvalue weighted by Crippen LogP contribution is -2.09. The molecule has 0 unspecified atom stereocenters. The van der Waals surface area contributed by atoms with E-state index in [0.717, 1.165) is 17.0 Å². The monoisotopic (exact) mass is 341 g/mol. The van der Waals surface area contributed by atoms with Gasteiger partial charge in [-0.2, -0.15) is 13.9 Å². The third-order valence-electron chi connectivity index (χ3n) is 3.70. The average molecular weight is 341 g/mol. The highest BCUT2D eigenvalue weighted by Gasteiger charge is 2.14. The number of rotatable bonds is 8. The number of hydrogen-bond donors (Lipinski definition) is 2. The summed E-state index contributed by atoms with van der Waals surface area (Å²) in [5.41, 5.74) is 3.07. The highest BCUT2D eigenvalue weighted by Crippen LogP contribution is 2.31. The predicted octanol–water partition coefficient (Wildman–Crippen LogP) is 2.71. The van der Waals surface area contributed by atoms with Gasteiger partial charge >= 0.3 is 6.61 Å². The van der Waals surface area contributed by atoms with Crippen molar-refractivity contribution in [3.8, 4) is 11.5 Å². The number of methoxy groups -OCH3 is 1. The molecule has 2 N–H and O–H groups in total. The van der Waals surface area contributed by atoms with Gasteiger partial charge in [-0.1, -0.05) is 0 Å². The lowest BCUT2D eigenvalue weighted by atomic mass is 10.2. The zero-order valence-corrected chi connectivity index (χ0v) is 13.8. The van der Waals surface area contributed by atoms with E-state index in [1.54, 1.807) is 16.8 Å². The Hall–Kier alpha value is -2.35. The van der Waals surface area contributed by atoms with Crippen molar-refractivity contribution in [1.29, 1.82) is 0 Å². The molecule has 0 spiro atoms. The van der Waals surface area contributed by atoms with Gasteiger partial charge in [0, 0.05) is 23.9 Å². The topological polar surface area (TPSA) is 68.5 Å². The summed E-state index contributed by atoms with van der Waals surface area (Å²) in [6.45, 7) is 1.64. The van der Waals surface area contributed by atoms with Crippen LogP contribution in [0.25, 0.3) is 0 Å². The smallest absolute Gasteiger partial charge is 0.387 e. The van der Waals surface area contributed by atoms with Crippen molar-refractivity contribution in [2.24, 2.45) is 0 Å². The molecule has 0 aliphatic heterocycles. The maximum atomic E-state index is 12.5. The van der Waals surface area contributed by atoms with Gasteiger partial charge in [0.25, 0.3) is 0 Å². The number of benzene rings is 1. The van der Waals surface area contributed by atoms with Gasteiger partial charge in [0.1, 0.15) is 11.5 Å². The second-order valence-corrected chi connectivity index (χ2v) is 5.19. The number of anilines is 1. The third-order valence-corrected chi connectivity index (χ3v) is 3.70. The van der Waals surface area contributed by atoms with Crippen molar-refractivity contribution < 1.29 is 23.4 Å². The number of aryl methyl sites for hydroxylation is 1. The fourth-order valence-corrected chi connectivity index (χ4v) is 2.46. The summed E-state index contributed by atoms with van der Waals surface area (Å²) in [6.07, 6.45) is 0. The second kappa shape index (κ2) is 7.96. The van der Waals surface area contributed by atoms with Crippen molar-refractivity contribution >= 4 is 5.69 Å². The molecule has 1 aromatic carbocycles.